The summed E-state index contributed by atoms with van der Waals surface area (Å²) in [5, 5.41) is 20.8. The number of amides is 2. The summed E-state index contributed by atoms with van der Waals surface area (Å²) in [6.45, 7) is 5.28. The minimum Gasteiger partial charge on any atom is -0.493 e. The van der Waals surface area contributed by atoms with Gasteiger partial charge in [0.15, 0.2) is 18.1 Å². The number of non-ortho nitro benzene ring substituents is 1. The van der Waals surface area contributed by atoms with Crippen molar-refractivity contribution in [2.45, 2.75) is 26.8 Å². The Morgan fingerprint density at radius 1 is 1.12 bits per heavy atom. The molecule has 1 heterocycles. The molecule has 0 bridgehead atoms. The standard InChI is InChI=1S/C23H25N5O6/c1-14(2)24-22(29)13-34-19-10-5-16(12-20(19)33-4)23(30)25-21-11-15(3)26-27(21)17-6-8-18(9-7-17)28(31)32/h5-12,14H,13H2,1-4H3,(H,24,29)(H,25,30). The molecule has 11 nitrogen and oxygen atoms in total. The van der Waals surface area contributed by atoms with Crippen LogP contribution in [0.1, 0.15) is 29.9 Å². The summed E-state index contributed by atoms with van der Waals surface area (Å²) in [4.78, 5) is 35.2. The van der Waals surface area contributed by atoms with E-state index in [1.54, 1.807) is 37.3 Å². The molecule has 34 heavy (non-hydrogen) atoms. The Balaban J connectivity index is 1.77. The van der Waals surface area contributed by atoms with E-state index >= 15 is 0 Å². The van der Waals surface area contributed by atoms with Gasteiger partial charge in [0.05, 0.1) is 23.4 Å². The molecule has 0 saturated carbocycles. The zero-order valence-corrected chi connectivity index (χ0v) is 19.2. The van der Waals surface area contributed by atoms with Crippen molar-refractivity contribution in [2.75, 3.05) is 19.0 Å². The first-order valence-corrected chi connectivity index (χ1v) is 10.4. The molecule has 0 spiro atoms. The van der Waals surface area contributed by atoms with Gasteiger partial charge in [-0.2, -0.15) is 5.10 Å². The minimum absolute atomic E-state index is 0.00727. The van der Waals surface area contributed by atoms with Crippen LogP contribution in [0.5, 0.6) is 11.5 Å². The number of ether oxygens (including phenoxy) is 2. The van der Waals surface area contributed by atoms with Crippen LogP contribution in [-0.2, 0) is 4.79 Å². The molecule has 3 rings (SSSR count). The lowest BCUT2D eigenvalue weighted by Gasteiger charge is -2.13. The molecule has 3 aromatic rings. The first-order valence-electron chi connectivity index (χ1n) is 10.4. The van der Waals surface area contributed by atoms with E-state index in [1.807, 2.05) is 13.8 Å². The molecule has 2 aromatic carbocycles. The van der Waals surface area contributed by atoms with Crippen LogP contribution < -0.4 is 20.1 Å². The van der Waals surface area contributed by atoms with Crippen molar-refractivity contribution < 1.29 is 24.0 Å². The lowest BCUT2D eigenvalue weighted by molar-refractivity contribution is -0.384. The number of benzene rings is 2. The number of carbonyl (C=O) groups is 2. The van der Waals surface area contributed by atoms with Gasteiger partial charge in [-0.25, -0.2) is 4.68 Å². The number of hydrogen-bond donors (Lipinski definition) is 2. The van der Waals surface area contributed by atoms with E-state index < -0.39 is 10.8 Å². The third-order valence-corrected chi connectivity index (χ3v) is 4.61. The van der Waals surface area contributed by atoms with Crippen molar-refractivity contribution in [3.05, 3.63) is 69.9 Å². The first kappa shape index (κ1) is 24.2. The van der Waals surface area contributed by atoms with Gasteiger partial charge < -0.3 is 20.1 Å². The molecular weight excluding hydrogens is 442 g/mol. The second kappa shape index (κ2) is 10.5. The van der Waals surface area contributed by atoms with Crippen molar-refractivity contribution >= 4 is 23.3 Å². The topological polar surface area (TPSA) is 138 Å². The fourth-order valence-electron chi connectivity index (χ4n) is 3.12. The molecule has 178 valence electrons. The Hall–Kier alpha value is -4.41. The number of anilines is 1. The van der Waals surface area contributed by atoms with Crippen LogP contribution in [0.25, 0.3) is 5.69 Å². The van der Waals surface area contributed by atoms with Gasteiger partial charge in [-0.05, 0) is 51.1 Å². The van der Waals surface area contributed by atoms with E-state index in [-0.39, 0.29) is 24.2 Å². The van der Waals surface area contributed by atoms with Gasteiger partial charge in [-0.15, -0.1) is 0 Å². The fourth-order valence-corrected chi connectivity index (χ4v) is 3.12. The Kier molecular flexibility index (Phi) is 7.46. The molecule has 0 aliphatic heterocycles. The zero-order chi connectivity index (χ0) is 24.8. The fraction of sp³-hybridized carbons (Fsp3) is 0.261. The predicted molar refractivity (Wildman–Crippen MR) is 125 cm³/mol. The SMILES string of the molecule is COc1cc(C(=O)Nc2cc(C)nn2-c2ccc([N+](=O)[O-])cc2)ccc1OCC(=O)NC(C)C. The molecule has 0 atom stereocenters. The van der Waals surface area contributed by atoms with Gasteiger partial charge in [0.25, 0.3) is 17.5 Å². The van der Waals surface area contributed by atoms with E-state index in [0.29, 0.717) is 34.3 Å². The van der Waals surface area contributed by atoms with Gasteiger partial charge in [0.2, 0.25) is 0 Å². The summed E-state index contributed by atoms with van der Waals surface area (Å²) in [5.41, 5.74) is 1.45. The third kappa shape index (κ3) is 5.88. The number of aromatic nitrogens is 2. The maximum atomic E-state index is 12.9. The smallest absolute Gasteiger partial charge is 0.269 e. The van der Waals surface area contributed by atoms with Crippen molar-refractivity contribution in [3.8, 4) is 17.2 Å². The highest BCUT2D eigenvalue weighted by atomic mass is 16.6. The molecule has 1 aromatic heterocycles. The lowest BCUT2D eigenvalue weighted by Crippen LogP contribution is -2.34. The van der Waals surface area contributed by atoms with Gasteiger partial charge >= 0.3 is 0 Å². The highest BCUT2D eigenvalue weighted by Gasteiger charge is 2.16. The maximum absolute atomic E-state index is 12.9. The summed E-state index contributed by atoms with van der Waals surface area (Å²) >= 11 is 0. The molecule has 2 N–H and O–H groups in total. The van der Waals surface area contributed by atoms with E-state index in [2.05, 4.69) is 15.7 Å². The summed E-state index contributed by atoms with van der Waals surface area (Å²) in [5.74, 6) is 0.315. The number of hydrogen-bond acceptors (Lipinski definition) is 7. The van der Waals surface area contributed by atoms with Crippen LogP contribution in [0.15, 0.2) is 48.5 Å². The molecule has 2 amide bonds. The second-order valence-electron chi connectivity index (χ2n) is 7.69. The monoisotopic (exact) mass is 467 g/mol. The quantitative estimate of drug-likeness (QED) is 0.364. The Labute approximate surface area is 195 Å². The number of nitrogens with zero attached hydrogens (tertiary/aromatic N) is 3. The number of nitrogens with one attached hydrogen (secondary N) is 2. The Morgan fingerprint density at radius 3 is 2.44 bits per heavy atom. The average molecular weight is 467 g/mol. The van der Waals surface area contributed by atoms with Crippen LogP contribution in [0.3, 0.4) is 0 Å². The maximum Gasteiger partial charge on any atom is 0.269 e. The van der Waals surface area contributed by atoms with Crippen LogP contribution in [0.2, 0.25) is 0 Å². The van der Waals surface area contributed by atoms with E-state index in [1.165, 1.54) is 30.0 Å². The molecule has 0 radical (unpaired) electrons. The van der Waals surface area contributed by atoms with Gasteiger partial charge in [-0.1, -0.05) is 0 Å². The highest BCUT2D eigenvalue weighted by Crippen LogP contribution is 2.29. The van der Waals surface area contributed by atoms with Crippen molar-refractivity contribution in [1.29, 1.82) is 0 Å². The first-order chi connectivity index (χ1) is 16.2. The lowest BCUT2D eigenvalue weighted by atomic mass is 10.2. The summed E-state index contributed by atoms with van der Waals surface area (Å²) in [6, 6.07) is 12.1. The normalized spacial score (nSPS) is 10.6. The molecule has 0 aliphatic rings. The van der Waals surface area contributed by atoms with Gasteiger partial charge in [0, 0.05) is 29.8 Å². The highest BCUT2D eigenvalue weighted by molar-refractivity contribution is 6.04. The molecular formula is C23H25N5O6. The largest absolute Gasteiger partial charge is 0.493 e. The van der Waals surface area contributed by atoms with Gasteiger partial charge in [-0.3, -0.25) is 19.7 Å². The summed E-state index contributed by atoms with van der Waals surface area (Å²) in [7, 11) is 1.44. The number of methoxy groups -OCH3 is 1. The van der Waals surface area contributed by atoms with Crippen molar-refractivity contribution in [1.82, 2.24) is 15.1 Å². The molecule has 0 aliphatic carbocycles. The van der Waals surface area contributed by atoms with E-state index in [0.717, 1.165) is 0 Å². The number of rotatable bonds is 9. The Morgan fingerprint density at radius 2 is 1.82 bits per heavy atom. The zero-order valence-electron chi connectivity index (χ0n) is 19.2. The Bertz CT molecular complexity index is 1200. The van der Waals surface area contributed by atoms with Crippen molar-refractivity contribution in [3.63, 3.8) is 0 Å². The summed E-state index contributed by atoms with van der Waals surface area (Å²) < 4.78 is 12.3. The molecule has 0 fully saturated rings. The van der Waals surface area contributed by atoms with Crippen LogP contribution in [-0.4, -0.2) is 46.3 Å². The third-order valence-electron chi connectivity index (χ3n) is 4.61. The number of nitro benzene ring substituents is 1. The van der Waals surface area contributed by atoms with Crippen LogP contribution >= 0.6 is 0 Å². The van der Waals surface area contributed by atoms with E-state index in [4.69, 9.17) is 9.47 Å². The van der Waals surface area contributed by atoms with Crippen LogP contribution in [0.4, 0.5) is 11.5 Å². The minimum atomic E-state index is -0.488. The number of nitro groups is 1. The van der Waals surface area contributed by atoms with E-state index in [9.17, 15) is 19.7 Å². The van der Waals surface area contributed by atoms with Gasteiger partial charge in [0.1, 0.15) is 5.82 Å². The predicted octanol–water partition coefficient (Wildman–Crippen LogP) is 3.25. The average Bonchev–Trinajstić information content (AvgIpc) is 3.16. The second-order valence-corrected chi connectivity index (χ2v) is 7.69. The molecule has 0 saturated heterocycles. The molecule has 0 unspecified atom stereocenters. The number of aryl methyl sites for hydroxylation is 1. The van der Waals surface area contributed by atoms with Crippen LogP contribution in [0, 0.1) is 17.0 Å². The molecule has 11 heteroatoms. The number of carbonyl (C=O) groups excluding carboxylic acids is 2. The van der Waals surface area contributed by atoms with Crippen molar-refractivity contribution in [2.24, 2.45) is 0 Å². The summed E-state index contributed by atoms with van der Waals surface area (Å²) in [6.07, 6.45) is 0.